The zero-order valence-electron chi connectivity index (χ0n) is 23.0. The Labute approximate surface area is 235 Å². The molecule has 0 radical (unpaired) electrons. The molecule has 0 bridgehead atoms. The van der Waals surface area contributed by atoms with Crippen molar-refractivity contribution in [3.8, 4) is 11.5 Å². The highest BCUT2D eigenvalue weighted by molar-refractivity contribution is 5.99. The average molecular weight is 541 g/mol. The van der Waals surface area contributed by atoms with E-state index in [9.17, 15) is 19.8 Å². The number of likely N-dealkylation sites (N-methyl/N-ethyl adjacent to an activating group) is 1. The molecule has 1 fully saturated rings. The van der Waals surface area contributed by atoms with E-state index in [1.165, 1.54) is 39.5 Å². The number of benzene rings is 3. The van der Waals surface area contributed by atoms with Crippen LogP contribution in [-0.2, 0) is 4.79 Å². The number of phenolic OH excluding ortho intramolecular Hbond substituents is 1. The molecular weight excluding hydrogens is 504 g/mol. The summed E-state index contributed by atoms with van der Waals surface area (Å²) in [6, 6.07) is 25.7. The maximum absolute atomic E-state index is 11.7. The summed E-state index contributed by atoms with van der Waals surface area (Å²) in [5.74, 6) is 1.13. The molecular formula is C33H36N2O5. The maximum Gasteiger partial charge on any atom is 0.407 e. The second-order valence-electron chi connectivity index (χ2n) is 10.1. The first-order valence-electron chi connectivity index (χ1n) is 13.5. The number of aromatic hydroxyl groups is 1. The van der Waals surface area contributed by atoms with Crippen molar-refractivity contribution in [3.63, 3.8) is 0 Å². The van der Waals surface area contributed by atoms with Gasteiger partial charge in [-0.3, -0.25) is 4.79 Å². The number of allylic oxidation sites excluding steroid dienone is 1. The van der Waals surface area contributed by atoms with Crippen molar-refractivity contribution in [2.45, 2.75) is 19.3 Å². The zero-order chi connectivity index (χ0) is 28.5. The van der Waals surface area contributed by atoms with Crippen molar-refractivity contribution in [1.29, 1.82) is 0 Å². The minimum absolute atomic E-state index is 0.0986. The number of carbonyl (C=O) groups excluding carboxylic acids is 1. The van der Waals surface area contributed by atoms with Gasteiger partial charge in [0.25, 0.3) is 0 Å². The van der Waals surface area contributed by atoms with Gasteiger partial charge in [-0.1, -0.05) is 67.1 Å². The van der Waals surface area contributed by atoms with Crippen molar-refractivity contribution < 1.29 is 24.5 Å². The highest BCUT2D eigenvalue weighted by Gasteiger charge is 2.27. The molecule has 3 aromatic carbocycles. The Kier molecular flexibility index (Phi) is 9.62. The summed E-state index contributed by atoms with van der Waals surface area (Å²) < 4.78 is 5.88. The Bertz CT molecular complexity index is 1340. The van der Waals surface area contributed by atoms with Crippen LogP contribution in [0.3, 0.4) is 0 Å². The van der Waals surface area contributed by atoms with Crippen LogP contribution in [0.15, 0.2) is 91.0 Å². The fourth-order valence-corrected chi connectivity index (χ4v) is 4.69. The Morgan fingerprint density at radius 3 is 2.08 bits per heavy atom. The molecule has 4 rings (SSSR count). The molecule has 3 aromatic rings. The molecule has 1 saturated carbocycles. The number of carboxylic acid groups (broad SMARTS) is 1. The summed E-state index contributed by atoms with van der Waals surface area (Å²) in [5, 5.41) is 19.4. The number of phenols is 1. The van der Waals surface area contributed by atoms with E-state index in [1.54, 1.807) is 26.2 Å². The molecule has 0 heterocycles. The fourth-order valence-electron chi connectivity index (χ4n) is 4.69. The lowest BCUT2D eigenvalue weighted by Gasteiger charge is -2.31. The van der Waals surface area contributed by atoms with Gasteiger partial charge in [-0.25, -0.2) is 4.79 Å². The van der Waals surface area contributed by atoms with Gasteiger partial charge in [0.15, 0.2) is 0 Å². The molecule has 7 nitrogen and oxygen atoms in total. The minimum Gasteiger partial charge on any atom is -0.508 e. The average Bonchev–Trinajstić information content (AvgIpc) is 2.92. The predicted octanol–water partition coefficient (Wildman–Crippen LogP) is 6.15. The Balaban J connectivity index is 1.54. The van der Waals surface area contributed by atoms with E-state index in [2.05, 4.69) is 24.3 Å². The molecule has 1 aliphatic carbocycles. The number of nitrogens with zero attached hydrogens (tertiary/aromatic N) is 2. The molecule has 0 spiro atoms. The van der Waals surface area contributed by atoms with Crippen molar-refractivity contribution in [1.82, 2.24) is 9.80 Å². The first kappa shape index (κ1) is 28.5. The topological polar surface area (TPSA) is 90.3 Å². The molecule has 0 atom stereocenters. The van der Waals surface area contributed by atoms with Crippen molar-refractivity contribution in [2.24, 2.45) is 5.92 Å². The van der Waals surface area contributed by atoms with Gasteiger partial charge in [0.2, 0.25) is 5.91 Å². The van der Waals surface area contributed by atoms with E-state index in [4.69, 9.17) is 4.74 Å². The van der Waals surface area contributed by atoms with Gasteiger partial charge < -0.3 is 24.7 Å². The Morgan fingerprint density at radius 2 is 1.52 bits per heavy atom. The van der Waals surface area contributed by atoms with Crippen LogP contribution in [0, 0.1) is 5.92 Å². The van der Waals surface area contributed by atoms with Crippen LogP contribution in [0.2, 0.25) is 0 Å². The zero-order valence-corrected chi connectivity index (χ0v) is 23.0. The lowest BCUT2D eigenvalue weighted by Crippen LogP contribution is -2.33. The summed E-state index contributed by atoms with van der Waals surface area (Å²) in [5.41, 5.74) is 5.73. The summed E-state index contributed by atoms with van der Waals surface area (Å²) in [6.45, 7) is 0.441. The lowest BCUT2D eigenvalue weighted by molar-refractivity contribution is -0.123. The molecule has 2 N–H and O–H groups in total. The molecule has 1 aliphatic rings. The number of amides is 2. The van der Waals surface area contributed by atoms with E-state index in [-0.39, 0.29) is 31.4 Å². The molecule has 0 saturated heterocycles. The van der Waals surface area contributed by atoms with Gasteiger partial charge in [-0.2, -0.15) is 0 Å². The summed E-state index contributed by atoms with van der Waals surface area (Å²) in [7, 11) is 3.28. The van der Waals surface area contributed by atoms with E-state index in [1.807, 2.05) is 42.5 Å². The lowest BCUT2D eigenvalue weighted by atomic mass is 9.73. The van der Waals surface area contributed by atoms with Gasteiger partial charge in [0.1, 0.15) is 18.1 Å². The van der Waals surface area contributed by atoms with Gasteiger partial charge in [-0.15, -0.1) is 0 Å². The standard InChI is InChI=1S/C33H36N2O5/c1-34(2)30(37)12-7-21-35(33(38)39)22-23-40-29-19-15-27(16-20-29)32(26-13-17-28(36)18-14-26)31(25-10-6-11-25)24-8-4-3-5-9-24/h3-5,7-9,12-20,25,36H,6,10-11,21-23H2,1-2H3,(H,38,39). The second-order valence-corrected chi connectivity index (χ2v) is 10.1. The van der Waals surface area contributed by atoms with Gasteiger partial charge in [0.05, 0.1) is 6.54 Å². The summed E-state index contributed by atoms with van der Waals surface area (Å²) in [4.78, 5) is 25.9. The third-order valence-electron chi connectivity index (χ3n) is 7.09. The normalized spacial score (nSPS) is 13.8. The highest BCUT2D eigenvalue weighted by Crippen LogP contribution is 2.45. The molecule has 0 aliphatic heterocycles. The summed E-state index contributed by atoms with van der Waals surface area (Å²) in [6.07, 6.45) is 5.33. The Morgan fingerprint density at radius 1 is 0.900 bits per heavy atom. The molecule has 0 unspecified atom stereocenters. The quantitative estimate of drug-likeness (QED) is 0.225. The van der Waals surface area contributed by atoms with Crippen LogP contribution in [0.1, 0.15) is 36.0 Å². The van der Waals surface area contributed by atoms with Crippen LogP contribution in [0.4, 0.5) is 4.79 Å². The number of rotatable bonds is 11. The molecule has 2 amide bonds. The molecule has 7 heteroatoms. The van der Waals surface area contributed by atoms with Crippen molar-refractivity contribution in [2.75, 3.05) is 33.8 Å². The molecule has 208 valence electrons. The SMILES string of the molecule is CN(C)C(=O)C=CCN(CCOc1ccc(C(=C(c2ccccc2)C2CCC2)c2ccc(O)cc2)cc1)C(=O)O. The maximum atomic E-state index is 11.7. The fraction of sp³-hybridized carbons (Fsp3) is 0.273. The predicted molar refractivity (Wildman–Crippen MR) is 157 cm³/mol. The van der Waals surface area contributed by atoms with E-state index in [0.29, 0.717) is 11.7 Å². The highest BCUT2D eigenvalue weighted by atomic mass is 16.5. The molecule has 40 heavy (non-hydrogen) atoms. The van der Waals surface area contributed by atoms with E-state index in [0.717, 1.165) is 29.5 Å². The van der Waals surface area contributed by atoms with Crippen molar-refractivity contribution in [3.05, 3.63) is 108 Å². The number of hydrogen-bond acceptors (Lipinski definition) is 4. The van der Waals surface area contributed by atoms with Gasteiger partial charge in [0, 0.05) is 26.7 Å². The van der Waals surface area contributed by atoms with E-state index >= 15 is 0 Å². The number of hydrogen-bond donors (Lipinski definition) is 2. The van der Waals surface area contributed by atoms with Gasteiger partial charge in [-0.05, 0) is 70.9 Å². The second kappa shape index (κ2) is 13.5. The summed E-state index contributed by atoms with van der Waals surface area (Å²) >= 11 is 0. The van der Waals surface area contributed by atoms with E-state index < -0.39 is 6.09 Å². The smallest absolute Gasteiger partial charge is 0.407 e. The van der Waals surface area contributed by atoms with Gasteiger partial charge >= 0.3 is 6.09 Å². The monoisotopic (exact) mass is 540 g/mol. The van der Waals surface area contributed by atoms with Crippen LogP contribution in [0.5, 0.6) is 11.5 Å². The third-order valence-corrected chi connectivity index (χ3v) is 7.09. The largest absolute Gasteiger partial charge is 0.508 e. The van der Waals surface area contributed by atoms with Crippen molar-refractivity contribution >= 4 is 23.1 Å². The minimum atomic E-state index is -1.07. The van der Waals surface area contributed by atoms with Crippen LogP contribution in [-0.4, -0.2) is 65.8 Å². The first-order chi connectivity index (χ1) is 19.3. The number of carbonyl (C=O) groups is 2. The number of ether oxygens (including phenoxy) is 1. The molecule has 0 aromatic heterocycles. The first-order valence-corrected chi connectivity index (χ1v) is 13.5. The van der Waals surface area contributed by atoms with Crippen LogP contribution >= 0.6 is 0 Å². The Hall–Kier alpha value is -4.52. The van der Waals surface area contributed by atoms with Crippen LogP contribution < -0.4 is 4.74 Å². The van der Waals surface area contributed by atoms with Crippen LogP contribution in [0.25, 0.3) is 11.1 Å². The third kappa shape index (κ3) is 7.32.